The average Bonchev–Trinajstić information content (AvgIpc) is 3.30. The molecule has 2 aromatic carbocycles. The van der Waals surface area contributed by atoms with Crippen molar-refractivity contribution >= 4 is 22.4 Å². The first-order valence-electron chi connectivity index (χ1n) is 9.35. The smallest absolute Gasteiger partial charge is 0.233 e. The van der Waals surface area contributed by atoms with Crippen molar-refractivity contribution < 1.29 is 14.6 Å². The van der Waals surface area contributed by atoms with Crippen LogP contribution in [-0.4, -0.2) is 28.9 Å². The molecule has 4 fully saturated rings. The van der Waals surface area contributed by atoms with E-state index in [2.05, 4.69) is 25.1 Å². The van der Waals surface area contributed by atoms with Gasteiger partial charge in [-0.15, -0.1) is 0 Å². The van der Waals surface area contributed by atoms with Gasteiger partial charge in [0.05, 0.1) is 23.8 Å². The molecule has 1 amide bonds. The molecule has 1 N–H and O–H groups in total. The molecular weight excluding hydrogens is 314 g/mol. The molecule has 25 heavy (non-hydrogen) atoms. The monoisotopic (exact) mass is 335 g/mol. The highest BCUT2D eigenvalue weighted by Gasteiger charge is 2.78. The van der Waals surface area contributed by atoms with Gasteiger partial charge < -0.3 is 9.84 Å². The number of carbonyl (C=O) groups excluding carboxylic acids is 1. The molecule has 4 heteroatoms. The maximum atomic E-state index is 13.5. The minimum absolute atomic E-state index is 0.0703. The largest absolute Gasteiger partial charge is 0.390 e. The lowest BCUT2D eigenvalue weighted by atomic mass is 9.76. The summed E-state index contributed by atoms with van der Waals surface area (Å²) in [6.45, 7) is 2.11. The van der Waals surface area contributed by atoms with Gasteiger partial charge in [0.25, 0.3) is 0 Å². The van der Waals surface area contributed by atoms with Crippen molar-refractivity contribution in [2.75, 3.05) is 4.90 Å². The van der Waals surface area contributed by atoms with Gasteiger partial charge in [-0.3, -0.25) is 9.69 Å². The van der Waals surface area contributed by atoms with E-state index in [9.17, 15) is 9.90 Å². The average molecular weight is 335 g/mol. The van der Waals surface area contributed by atoms with Crippen molar-refractivity contribution in [2.24, 2.45) is 23.7 Å². The van der Waals surface area contributed by atoms with Crippen molar-refractivity contribution in [3.8, 4) is 0 Å². The minimum Gasteiger partial charge on any atom is -0.390 e. The zero-order valence-corrected chi connectivity index (χ0v) is 14.1. The molecule has 2 aliphatic carbocycles. The molecule has 0 radical (unpaired) electrons. The van der Waals surface area contributed by atoms with E-state index in [1.807, 2.05) is 29.2 Å². The van der Waals surface area contributed by atoms with Crippen LogP contribution in [0.2, 0.25) is 0 Å². The van der Waals surface area contributed by atoms with E-state index in [0.717, 1.165) is 29.3 Å². The lowest BCUT2D eigenvalue weighted by molar-refractivity contribution is -0.132. The van der Waals surface area contributed by atoms with Crippen LogP contribution in [0.1, 0.15) is 19.8 Å². The van der Waals surface area contributed by atoms with E-state index in [-0.39, 0.29) is 29.8 Å². The molecule has 0 aromatic heterocycles. The van der Waals surface area contributed by atoms with Crippen molar-refractivity contribution in [1.29, 1.82) is 0 Å². The molecule has 0 spiro atoms. The zero-order chi connectivity index (χ0) is 16.9. The molecule has 7 atom stereocenters. The Kier molecular flexibility index (Phi) is 2.53. The second-order valence-corrected chi connectivity index (χ2v) is 8.06. The van der Waals surface area contributed by atoms with Crippen LogP contribution in [-0.2, 0) is 9.53 Å². The fourth-order valence-electron chi connectivity index (χ4n) is 6.49. The fraction of sp³-hybridized carbons (Fsp3) is 0.476. The molecular formula is C21H21NO3. The Labute approximate surface area is 146 Å². The standard InChI is InChI=1S/C21H21NO3/c1-2-21-17-14-10-13(18(23)19(14)25-21)16(17)20(24)22(21)15-9-5-7-11-6-3-4-8-12(11)15/h3-9,13-14,16-19,23H,2,10H2,1H3/t13-,14-,16-,17-,18+,19-,21-/m0/s1. The zero-order valence-electron chi connectivity index (χ0n) is 14.1. The first kappa shape index (κ1) is 14.3. The Bertz CT molecular complexity index is 906. The summed E-state index contributed by atoms with van der Waals surface area (Å²) >= 11 is 0. The number of hydrogen-bond acceptors (Lipinski definition) is 3. The number of rotatable bonds is 2. The van der Waals surface area contributed by atoms with Crippen LogP contribution in [0.15, 0.2) is 42.5 Å². The van der Waals surface area contributed by atoms with Crippen LogP contribution >= 0.6 is 0 Å². The topological polar surface area (TPSA) is 49.8 Å². The van der Waals surface area contributed by atoms with Gasteiger partial charge in [-0.2, -0.15) is 0 Å². The summed E-state index contributed by atoms with van der Waals surface area (Å²) < 4.78 is 6.52. The number of fused-ring (bicyclic) bond motifs is 3. The number of anilines is 1. The van der Waals surface area contributed by atoms with Gasteiger partial charge in [0.15, 0.2) is 5.72 Å². The van der Waals surface area contributed by atoms with E-state index in [0.29, 0.717) is 5.92 Å². The molecule has 6 rings (SSSR count). The molecule has 2 heterocycles. The van der Waals surface area contributed by atoms with Crippen molar-refractivity contribution in [2.45, 2.75) is 37.7 Å². The van der Waals surface area contributed by atoms with Crippen LogP contribution in [0.5, 0.6) is 0 Å². The summed E-state index contributed by atoms with van der Waals surface area (Å²) in [5.74, 6) is 0.683. The first-order valence-corrected chi connectivity index (χ1v) is 9.35. The predicted octanol–water partition coefficient (Wildman–Crippen LogP) is 2.93. The predicted molar refractivity (Wildman–Crippen MR) is 93.9 cm³/mol. The third kappa shape index (κ3) is 1.43. The summed E-state index contributed by atoms with van der Waals surface area (Å²) in [6.07, 6.45) is 1.13. The number of nitrogens with zero attached hydrogens (tertiary/aromatic N) is 1. The first-order chi connectivity index (χ1) is 12.2. The van der Waals surface area contributed by atoms with Crippen LogP contribution in [0, 0.1) is 23.7 Å². The number of benzene rings is 2. The van der Waals surface area contributed by atoms with Crippen LogP contribution < -0.4 is 4.90 Å². The summed E-state index contributed by atoms with van der Waals surface area (Å²) in [5, 5.41) is 12.8. The number of ether oxygens (including phenoxy) is 1. The summed E-state index contributed by atoms with van der Waals surface area (Å²) in [4.78, 5) is 15.5. The third-order valence-electron chi connectivity index (χ3n) is 7.31. The SMILES string of the molecule is CC[C@]12O[C@@H]3[C@H](O)[C@H]4C[C@H]3[C@H]1[C@H]4C(=O)N2c1cccc2ccccc12. The van der Waals surface area contributed by atoms with Gasteiger partial charge in [-0.05, 0) is 36.1 Å². The number of aliphatic hydroxyl groups is 1. The molecule has 0 unspecified atom stereocenters. The quantitative estimate of drug-likeness (QED) is 0.918. The highest BCUT2D eigenvalue weighted by molar-refractivity contribution is 6.07. The highest BCUT2D eigenvalue weighted by atomic mass is 16.6. The molecule has 2 saturated heterocycles. The van der Waals surface area contributed by atoms with Crippen molar-refractivity contribution in [3.05, 3.63) is 42.5 Å². The summed E-state index contributed by atoms with van der Waals surface area (Å²) in [5.41, 5.74) is 0.363. The normalized spacial score (nSPS) is 43.6. The van der Waals surface area contributed by atoms with E-state index in [1.165, 1.54) is 0 Å². The highest BCUT2D eigenvalue weighted by Crippen LogP contribution is 2.68. The van der Waals surface area contributed by atoms with E-state index in [4.69, 9.17) is 4.74 Å². The summed E-state index contributed by atoms with van der Waals surface area (Å²) in [6, 6.07) is 14.3. The van der Waals surface area contributed by atoms with E-state index >= 15 is 0 Å². The van der Waals surface area contributed by atoms with Crippen molar-refractivity contribution in [3.63, 3.8) is 0 Å². The number of aliphatic hydroxyl groups excluding tert-OH is 1. The Morgan fingerprint density at radius 1 is 1.20 bits per heavy atom. The molecule has 128 valence electrons. The van der Waals surface area contributed by atoms with Gasteiger partial charge >= 0.3 is 0 Å². The van der Waals surface area contributed by atoms with Gasteiger partial charge in [0.2, 0.25) is 5.91 Å². The van der Waals surface area contributed by atoms with Crippen LogP contribution in [0.25, 0.3) is 10.8 Å². The maximum absolute atomic E-state index is 13.5. The maximum Gasteiger partial charge on any atom is 0.233 e. The number of amides is 1. The second kappa shape index (κ2) is 4.43. The Morgan fingerprint density at radius 3 is 2.84 bits per heavy atom. The Hall–Kier alpha value is -1.91. The molecule has 2 aromatic rings. The van der Waals surface area contributed by atoms with Gasteiger partial charge in [-0.25, -0.2) is 0 Å². The summed E-state index contributed by atoms with van der Waals surface area (Å²) in [7, 11) is 0. The van der Waals surface area contributed by atoms with E-state index in [1.54, 1.807) is 0 Å². The lowest BCUT2D eigenvalue weighted by Gasteiger charge is -2.39. The third-order valence-corrected chi connectivity index (χ3v) is 7.31. The molecule has 2 bridgehead atoms. The van der Waals surface area contributed by atoms with Crippen LogP contribution in [0.3, 0.4) is 0 Å². The number of carbonyl (C=O) groups is 1. The van der Waals surface area contributed by atoms with Crippen LogP contribution in [0.4, 0.5) is 5.69 Å². The second-order valence-electron chi connectivity index (χ2n) is 8.06. The Morgan fingerprint density at radius 2 is 2.00 bits per heavy atom. The van der Waals surface area contributed by atoms with Crippen molar-refractivity contribution in [1.82, 2.24) is 0 Å². The Balaban J connectivity index is 1.59. The molecule has 4 aliphatic rings. The molecule has 2 saturated carbocycles. The van der Waals surface area contributed by atoms with Gasteiger partial charge in [0.1, 0.15) is 0 Å². The van der Waals surface area contributed by atoms with E-state index < -0.39 is 11.8 Å². The van der Waals surface area contributed by atoms with Gasteiger partial charge in [0, 0.05) is 11.3 Å². The van der Waals surface area contributed by atoms with Gasteiger partial charge in [-0.1, -0.05) is 43.3 Å². The lowest BCUT2D eigenvalue weighted by Crippen LogP contribution is -2.51. The fourth-order valence-corrected chi connectivity index (χ4v) is 6.49. The minimum atomic E-state index is -0.590. The molecule has 4 nitrogen and oxygen atoms in total. The number of hydrogen-bond donors (Lipinski definition) is 1. The molecule has 2 aliphatic heterocycles.